The molecule has 0 unspecified atom stereocenters. The quantitative estimate of drug-likeness (QED) is 0.642. The number of nitrogens with zero attached hydrogens (tertiary/aromatic N) is 1. The van der Waals surface area contributed by atoms with Crippen molar-refractivity contribution in [3.05, 3.63) is 0 Å². The number of carbonyl (C=O) groups is 1. The van der Waals surface area contributed by atoms with Crippen LogP contribution in [0.25, 0.3) is 0 Å². The van der Waals surface area contributed by atoms with Crippen LogP contribution in [0.1, 0.15) is 13.8 Å². The van der Waals surface area contributed by atoms with Gasteiger partial charge in [0, 0.05) is 6.44 Å². The van der Waals surface area contributed by atoms with Crippen molar-refractivity contribution in [2.24, 2.45) is 0 Å². The molecule has 0 atom stereocenters. The van der Waals surface area contributed by atoms with E-state index in [1.165, 1.54) is 0 Å². The zero-order valence-electron chi connectivity index (χ0n) is 7.50. The summed E-state index contributed by atoms with van der Waals surface area (Å²) < 4.78 is 56.2. The largest absolute Gasteiger partial charge is 0.498 e. The number of halogens is 3. The van der Waals surface area contributed by atoms with E-state index in [1.807, 2.05) is 0 Å². The standard InChI is InChI=1S/C5H8BF3NO3S/c1-5(2)4(11)10(14(5,12)13)3-6(7,8)9/h3H2,1-2H3/q-1. The van der Waals surface area contributed by atoms with E-state index >= 15 is 0 Å². The lowest BCUT2D eigenvalue weighted by Gasteiger charge is -2.45. The van der Waals surface area contributed by atoms with Crippen molar-refractivity contribution in [3.63, 3.8) is 0 Å². The predicted molar refractivity (Wildman–Crippen MR) is 43.8 cm³/mol. The lowest BCUT2D eigenvalue weighted by molar-refractivity contribution is -0.131. The van der Waals surface area contributed by atoms with Crippen molar-refractivity contribution < 1.29 is 26.2 Å². The maximum absolute atomic E-state index is 11.9. The van der Waals surface area contributed by atoms with Gasteiger partial charge in [-0.15, -0.1) is 0 Å². The van der Waals surface area contributed by atoms with Gasteiger partial charge >= 0.3 is 6.98 Å². The fraction of sp³-hybridized carbons (Fsp3) is 0.800. The van der Waals surface area contributed by atoms with Crippen molar-refractivity contribution in [1.29, 1.82) is 0 Å². The van der Waals surface area contributed by atoms with Crippen molar-refractivity contribution in [3.8, 4) is 0 Å². The summed E-state index contributed by atoms with van der Waals surface area (Å²) in [5, 5.41) is 0. The number of hydrogen-bond donors (Lipinski definition) is 0. The number of hydrogen-bond acceptors (Lipinski definition) is 3. The Bertz CT molecular complexity index is 374. The molecule has 1 rings (SSSR count). The monoisotopic (exact) mass is 230 g/mol. The summed E-state index contributed by atoms with van der Waals surface area (Å²) in [7, 11) is -4.10. The Hall–Kier alpha value is -0.725. The zero-order chi connectivity index (χ0) is 11.4. The molecular formula is C5H8BF3NO3S-. The van der Waals surface area contributed by atoms with Gasteiger partial charge in [0.1, 0.15) is 0 Å². The van der Waals surface area contributed by atoms with Gasteiger partial charge in [0.05, 0.1) is 0 Å². The Balaban J connectivity index is 2.93. The molecule has 0 aromatic carbocycles. The molecule has 1 heterocycles. The highest BCUT2D eigenvalue weighted by molar-refractivity contribution is 7.94. The van der Waals surface area contributed by atoms with Crippen LogP contribution in [0, 0.1) is 0 Å². The van der Waals surface area contributed by atoms with E-state index in [2.05, 4.69) is 0 Å². The molecule has 9 heteroatoms. The Kier molecular flexibility index (Phi) is 2.15. The summed E-state index contributed by atoms with van der Waals surface area (Å²) in [4.78, 5) is 11.0. The van der Waals surface area contributed by atoms with Gasteiger partial charge in [-0.2, -0.15) is 0 Å². The molecule has 1 amide bonds. The number of sulfonamides is 1. The van der Waals surface area contributed by atoms with Crippen molar-refractivity contribution >= 4 is 22.9 Å². The third kappa shape index (κ3) is 1.39. The molecule has 14 heavy (non-hydrogen) atoms. The van der Waals surface area contributed by atoms with Gasteiger partial charge in [-0.25, -0.2) is 8.42 Å². The summed E-state index contributed by atoms with van der Waals surface area (Å²) in [6.45, 7) is -3.13. The second kappa shape index (κ2) is 2.65. The molecule has 4 nitrogen and oxygen atoms in total. The number of carbonyl (C=O) groups excluding carboxylic acids is 1. The van der Waals surface area contributed by atoms with Crippen LogP contribution in [0.4, 0.5) is 12.9 Å². The summed E-state index contributed by atoms with van der Waals surface area (Å²) in [5.41, 5.74) is 0. The summed E-state index contributed by atoms with van der Waals surface area (Å²) in [6.07, 6.45) is -1.68. The summed E-state index contributed by atoms with van der Waals surface area (Å²) in [5.74, 6) is -1.00. The van der Waals surface area contributed by atoms with Crippen LogP contribution in [0.3, 0.4) is 0 Å². The molecular weight excluding hydrogens is 222 g/mol. The lowest BCUT2D eigenvalue weighted by Crippen LogP contribution is -2.69. The average Bonchev–Trinajstić information content (AvgIpc) is 1.96. The van der Waals surface area contributed by atoms with Gasteiger partial charge in [-0.1, -0.05) is 0 Å². The fourth-order valence-electron chi connectivity index (χ4n) is 1.13. The highest BCUT2D eigenvalue weighted by atomic mass is 32.2. The van der Waals surface area contributed by atoms with E-state index in [1.54, 1.807) is 0 Å². The SMILES string of the molecule is CC1(C)C(=O)N(C[B-](F)(F)F)S1(=O)=O. The van der Waals surface area contributed by atoms with Gasteiger partial charge < -0.3 is 12.9 Å². The zero-order valence-corrected chi connectivity index (χ0v) is 8.32. The van der Waals surface area contributed by atoms with E-state index in [9.17, 15) is 26.2 Å². The molecule has 0 aromatic heterocycles. The first-order valence-electron chi connectivity index (χ1n) is 3.78. The first-order chi connectivity index (χ1) is 6.00. The molecule has 0 radical (unpaired) electrons. The van der Waals surface area contributed by atoms with Crippen molar-refractivity contribution in [1.82, 2.24) is 4.31 Å². The molecule has 0 aromatic rings. The van der Waals surface area contributed by atoms with Crippen molar-refractivity contribution in [2.45, 2.75) is 18.6 Å². The summed E-state index contributed by atoms with van der Waals surface area (Å²) >= 11 is 0. The maximum atomic E-state index is 11.9. The Labute approximate surface area is 79.2 Å². The highest BCUT2D eigenvalue weighted by Crippen LogP contribution is 2.35. The minimum atomic E-state index is -5.31. The molecule has 1 saturated heterocycles. The number of amides is 1. The first-order valence-corrected chi connectivity index (χ1v) is 5.22. The molecule has 0 aliphatic carbocycles. The summed E-state index contributed by atoms with van der Waals surface area (Å²) in [6, 6.07) is 0. The predicted octanol–water partition coefficient (Wildman–Crippen LogP) is 0.324. The van der Waals surface area contributed by atoms with Gasteiger partial charge in [0.25, 0.3) is 5.91 Å². The lowest BCUT2D eigenvalue weighted by atomic mass is 9.92. The van der Waals surface area contributed by atoms with Crippen LogP contribution in [0.15, 0.2) is 0 Å². The van der Waals surface area contributed by atoms with Crippen LogP contribution in [0.2, 0.25) is 0 Å². The minimum absolute atomic E-state index is 0.118. The molecule has 1 fully saturated rings. The smallest absolute Gasteiger partial charge is 0.448 e. The minimum Gasteiger partial charge on any atom is -0.448 e. The Morgan fingerprint density at radius 2 is 1.79 bits per heavy atom. The molecule has 1 aliphatic heterocycles. The van der Waals surface area contributed by atoms with Crippen molar-refractivity contribution in [2.75, 3.05) is 6.44 Å². The Morgan fingerprint density at radius 1 is 1.36 bits per heavy atom. The van der Waals surface area contributed by atoms with E-state index in [4.69, 9.17) is 0 Å². The van der Waals surface area contributed by atoms with Crippen LogP contribution in [-0.2, 0) is 14.8 Å². The second-order valence-electron chi connectivity index (χ2n) is 3.56. The van der Waals surface area contributed by atoms with Crippen LogP contribution in [0.5, 0.6) is 0 Å². The third-order valence-corrected chi connectivity index (χ3v) is 4.41. The van der Waals surface area contributed by atoms with Crippen LogP contribution < -0.4 is 0 Å². The van der Waals surface area contributed by atoms with E-state index < -0.39 is 34.1 Å². The molecule has 0 spiro atoms. The normalized spacial score (nSPS) is 24.6. The molecule has 82 valence electrons. The maximum Gasteiger partial charge on any atom is 0.498 e. The van der Waals surface area contributed by atoms with E-state index in [0.717, 1.165) is 13.8 Å². The van der Waals surface area contributed by atoms with Gasteiger partial charge in [-0.05, 0) is 13.8 Å². The average molecular weight is 230 g/mol. The van der Waals surface area contributed by atoms with E-state index in [0.29, 0.717) is 0 Å². The fourth-order valence-corrected chi connectivity index (χ4v) is 2.69. The van der Waals surface area contributed by atoms with Crippen LogP contribution >= 0.6 is 0 Å². The van der Waals surface area contributed by atoms with Crippen LogP contribution in [-0.4, -0.2) is 36.8 Å². The third-order valence-electron chi connectivity index (χ3n) is 2.05. The molecule has 1 aliphatic rings. The molecule has 0 N–H and O–H groups in total. The van der Waals surface area contributed by atoms with Gasteiger partial charge in [-0.3, -0.25) is 9.10 Å². The number of rotatable bonds is 2. The molecule has 0 bridgehead atoms. The first kappa shape index (κ1) is 11.4. The topological polar surface area (TPSA) is 54.5 Å². The van der Waals surface area contributed by atoms with Gasteiger partial charge in [0.15, 0.2) is 4.75 Å². The van der Waals surface area contributed by atoms with E-state index in [-0.39, 0.29) is 4.31 Å². The Morgan fingerprint density at radius 3 is 2.07 bits per heavy atom. The second-order valence-corrected chi connectivity index (χ2v) is 5.97. The molecule has 0 saturated carbocycles. The highest BCUT2D eigenvalue weighted by Gasteiger charge is 2.60. The van der Waals surface area contributed by atoms with Gasteiger partial charge in [0.2, 0.25) is 10.0 Å².